The molecule has 0 spiro atoms. The Labute approximate surface area is 82.8 Å². The van der Waals surface area contributed by atoms with Crippen LogP contribution in [0.5, 0.6) is 0 Å². The smallest absolute Gasteiger partial charge is 0.108 e. The summed E-state index contributed by atoms with van der Waals surface area (Å²) in [5.74, 6) is 0. The van der Waals surface area contributed by atoms with Crippen LogP contribution in [0.4, 0.5) is 0 Å². The number of allylic oxidation sites excluding steroid dienone is 1. The summed E-state index contributed by atoms with van der Waals surface area (Å²) in [5, 5.41) is 0. The fourth-order valence-corrected chi connectivity index (χ4v) is 1.82. The summed E-state index contributed by atoms with van der Waals surface area (Å²) in [5.41, 5.74) is 2.13. The van der Waals surface area contributed by atoms with Crippen molar-refractivity contribution in [1.82, 2.24) is 4.98 Å². The maximum Gasteiger partial charge on any atom is 0.108 e. The zero-order chi connectivity index (χ0) is 8.43. The van der Waals surface area contributed by atoms with Gasteiger partial charge in [0.1, 0.15) is 9.21 Å². The van der Waals surface area contributed by atoms with Crippen molar-refractivity contribution >= 4 is 37.4 Å². The van der Waals surface area contributed by atoms with Gasteiger partial charge in [-0.05, 0) is 56.5 Å². The highest BCUT2D eigenvalue weighted by Crippen LogP contribution is 2.20. The maximum absolute atomic E-state index is 4.11. The summed E-state index contributed by atoms with van der Waals surface area (Å²) >= 11 is 6.60. The summed E-state index contributed by atoms with van der Waals surface area (Å²) in [7, 11) is 0. The van der Waals surface area contributed by atoms with Crippen LogP contribution in [-0.2, 0) is 0 Å². The number of rotatable bonds is 1. The Hall–Kier alpha value is -0.150. The van der Waals surface area contributed by atoms with Gasteiger partial charge in [-0.15, -0.1) is 0 Å². The molecule has 0 unspecified atom stereocenters. The Morgan fingerprint density at radius 1 is 1.36 bits per heavy atom. The summed E-state index contributed by atoms with van der Waals surface area (Å²) in [6.07, 6.45) is 0. The highest BCUT2D eigenvalue weighted by molar-refractivity contribution is 9.11. The Balaban J connectivity index is 3.19. The van der Waals surface area contributed by atoms with E-state index in [1.807, 2.05) is 19.1 Å². The highest BCUT2D eigenvalue weighted by Gasteiger charge is 1.97. The van der Waals surface area contributed by atoms with Crippen molar-refractivity contribution in [2.24, 2.45) is 0 Å². The minimum atomic E-state index is 0.824. The van der Waals surface area contributed by atoms with Crippen molar-refractivity contribution in [1.29, 1.82) is 0 Å². The zero-order valence-corrected chi connectivity index (χ0v) is 9.24. The van der Waals surface area contributed by atoms with Crippen LogP contribution in [0.2, 0.25) is 0 Å². The Bertz CT molecular complexity index is 274. The van der Waals surface area contributed by atoms with Gasteiger partial charge in [0.25, 0.3) is 0 Å². The lowest BCUT2D eigenvalue weighted by atomic mass is 10.1. The van der Waals surface area contributed by atoms with Gasteiger partial charge >= 0.3 is 0 Å². The summed E-state index contributed by atoms with van der Waals surface area (Å²) in [6, 6.07) is 3.88. The number of pyridine rings is 1. The van der Waals surface area contributed by atoms with Crippen molar-refractivity contribution in [2.45, 2.75) is 6.92 Å². The van der Waals surface area contributed by atoms with Crippen molar-refractivity contribution in [2.75, 3.05) is 0 Å². The molecule has 1 nitrogen and oxygen atoms in total. The molecule has 0 radical (unpaired) electrons. The van der Waals surface area contributed by atoms with Crippen LogP contribution < -0.4 is 0 Å². The van der Waals surface area contributed by atoms with Crippen molar-refractivity contribution in [3.05, 3.63) is 33.5 Å². The van der Waals surface area contributed by atoms with E-state index < -0.39 is 0 Å². The van der Waals surface area contributed by atoms with Crippen LogP contribution in [0.15, 0.2) is 27.9 Å². The van der Waals surface area contributed by atoms with Crippen molar-refractivity contribution < 1.29 is 0 Å². The second kappa shape index (κ2) is 3.50. The average molecular weight is 277 g/mol. The third-order valence-corrected chi connectivity index (χ3v) is 2.07. The fraction of sp³-hybridized carbons (Fsp3) is 0.125. The normalized spacial score (nSPS) is 9.73. The van der Waals surface area contributed by atoms with Gasteiger partial charge in [-0.2, -0.15) is 0 Å². The standard InChI is InChI=1S/C8H7Br2N/c1-5(2)6-3-7(9)11-8(10)4-6/h3-4H,1H2,2H3. The molecule has 1 aromatic rings. The zero-order valence-electron chi connectivity index (χ0n) is 6.06. The molecule has 58 valence electrons. The molecular weight excluding hydrogens is 270 g/mol. The first-order chi connectivity index (χ1) is 5.09. The summed E-state index contributed by atoms with van der Waals surface area (Å²) in [6.45, 7) is 5.80. The molecule has 0 aliphatic carbocycles. The molecule has 3 heteroatoms. The van der Waals surface area contributed by atoms with Crippen LogP contribution in [-0.4, -0.2) is 4.98 Å². The van der Waals surface area contributed by atoms with E-state index in [0.717, 1.165) is 20.3 Å². The van der Waals surface area contributed by atoms with E-state index >= 15 is 0 Å². The van der Waals surface area contributed by atoms with Gasteiger partial charge in [0.2, 0.25) is 0 Å². The molecule has 0 aromatic carbocycles. The molecule has 1 aromatic heterocycles. The quantitative estimate of drug-likeness (QED) is 0.714. The van der Waals surface area contributed by atoms with Gasteiger partial charge in [-0.3, -0.25) is 0 Å². The van der Waals surface area contributed by atoms with E-state index in [0.29, 0.717) is 0 Å². The van der Waals surface area contributed by atoms with Crippen molar-refractivity contribution in [3.8, 4) is 0 Å². The Kier molecular flexibility index (Phi) is 2.84. The topological polar surface area (TPSA) is 12.9 Å². The first-order valence-electron chi connectivity index (χ1n) is 3.08. The third-order valence-electron chi connectivity index (χ3n) is 1.26. The van der Waals surface area contributed by atoms with E-state index in [4.69, 9.17) is 0 Å². The molecule has 0 fully saturated rings. The fourth-order valence-electron chi connectivity index (χ4n) is 0.711. The Morgan fingerprint density at radius 3 is 2.18 bits per heavy atom. The molecule has 0 aliphatic heterocycles. The van der Waals surface area contributed by atoms with Gasteiger partial charge in [0, 0.05) is 0 Å². The predicted molar refractivity (Wildman–Crippen MR) is 54.3 cm³/mol. The monoisotopic (exact) mass is 275 g/mol. The number of hydrogen-bond acceptors (Lipinski definition) is 1. The maximum atomic E-state index is 4.11. The molecule has 0 saturated heterocycles. The van der Waals surface area contributed by atoms with E-state index in [-0.39, 0.29) is 0 Å². The lowest BCUT2D eigenvalue weighted by Crippen LogP contribution is -1.82. The first-order valence-corrected chi connectivity index (χ1v) is 4.67. The van der Waals surface area contributed by atoms with Gasteiger partial charge in [-0.1, -0.05) is 12.2 Å². The third kappa shape index (κ3) is 2.42. The second-order valence-corrected chi connectivity index (χ2v) is 3.91. The molecule has 0 amide bonds. The van der Waals surface area contributed by atoms with Gasteiger partial charge in [0.05, 0.1) is 0 Å². The molecule has 11 heavy (non-hydrogen) atoms. The second-order valence-electron chi connectivity index (χ2n) is 2.28. The first kappa shape index (κ1) is 8.94. The van der Waals surface area contributed by atoms with Crippen LogP contribution in [0.25, 0.3) is 5.57 Å². The largest absolute Gasteiger partial charge is 0.234 e. The minimum Gasteiger partial charge on any atom is -0.234 e. The summed E-state index contributed by atoms with van der Waals surface area (Å²) < 4.78 is 1.65. The number of aromatic nitrogens is 1. The number of nitrogens with zero attached hydrogens (tertiary/aromatic N) is 1. The average Bonchev–Trinajstić information content (AvgIpc) is 1.85. The minimum absolute atomic E-state index is 0.824. The van der Waals surface area contributed by atoms with Gasteiger partial charge in [-0.25, -0.2) is 4.98 Å². The molecule has 1 rings (SSSR count). The van der Waals surface area contributed by atoms with Crippen LogP contribution in [0.1, 0.15) is 12.5 Å². The van der Waals surface area contributed by atoms with Crippen LogP contribution in [0, 0.1) is 0 Å². The molecular formula is C8H7Br2N. The molecule has 1 heterocycles. The van der Waals surface area contributed by atoms with Gasteiger partial charge < -0.3 is 0 Å². The van der Waals surface area contributed by atoms with E-state index in [1.54, 1.807) is 0 Å². The lowest BCUT2D eigenvalue weighted by Gasteiger charge is -2.00. The van der Waals surface area contributed by atoms with E-state index in [2.05, 4.69) is 43.4 Å². The molecule has 0 bridgehead atoms. The highest BCUT2D eigenvalue weighted by atomic mass is 79.9. The van der Waals surface area contributed by atoms with E-state index in [1.165, 1.54) is 0 Å². The van der Waals surface area contributed by atoms with Crippen LogP contribution >= 0.6 is 31.9 Å². The van der Waals surface area contributed by atoms with Gasteiger partial charge in [0.15, 0.2) is 0 Å². The molecule has 0 saturated carbocycles. The Morgan fingerprint density at radius 2 is 1.82 bits per heavy atom. The van der Waals surface area contributed by atoms with E-state index in [9.17, 15) is 0 Å². The lowest BCUT2D eigenvalue weighted by molar-refractivity contribution is 1.22. The van der Waals surface area contributed by atoms with Crippen molar-refractivity contribution in [3.63, 3.8) is 0 Å². The SMILES string of the molecule is C=C(C)c1cc(Br)nc(Br)c1. The molecule has 0 atom stereocenters. The molecule has 0 N–H and O–H groups in total. The molecule has 0 aliphatic rings. The number of hydrogen-bond donors (Lipinski definition) is 0. The predicted octanol–water partition coefficient (Wildman–Crippen LogP) is 3.64. The number of halogens is 2. The summed E-state index contributed by atoms with van der Waals surface area (Å²) in [4.78, 5) is 4.11. The van der Waals surface area contributed by atoms with Crippen LogP contribution in [0.3, 0.4) is 0 Å².